The summed E-state index contributed by atoms with van der Waals surface area (Å²) in [5.41, 5.74) is 5.23. The van der Waals surface area contributed by atoms with E-state index >= 15 is 0 Å². The SMILES string of the molecule is COC(C)OC(C)[C]OCC1c2ccccc2-c2ccccc21. The van der Waals surface area contributed by atoms with E-state index in [9.17, 15) is 0 Å². The lowest BCUT2D eigenvalue weighted by Gasteiger charge is -2.18. The summed E-state index contributed by atoms with van der Waals surface area (Å²) in [6.45, 7) is 7.24. The zero-order chi connectivity index (χ0) is 16.2. The highest BCUT2D eigenvalue weighted by atomic mass is 16.7. The van der Waals surface area contributed by atoms with Gasteiger partial charge in [-0.1, -0.05) is 48.5 Å². The maximum Gasteiger partial charge on any atom is 0.163 e. The number of methoxy groups -OCH3 is 1. The number of hydrogen-bond donors (Lipinski definition) is 0. The van der Waals surface area contributed by atoms with E-state index in [1.165, 1.54) is 22.3 Å². The molecular weight excluding hydrogens is 288 g/mol. The predicted molar refractivity (Wildman–Crippen MR) is 89.9 cm³/mol. The highest BCUT2D eigenvalue weighted by Gasteiger charge is 2.28. The Kier molecular flexibility index (Phi) is 5.11. The van der Waals surface area contributed by atoms with Gasteiger partial charge in [0, 0.05) is 13.0 Å². The summed E-state index contributed by atoms with van der Waals surface area (Å²) in [4.78, 5) is 0. The number of benzene rings is 2. The van der Waals surface area contributed by atoms with Gasteiger partial charge in [0.05, 0.1) is 12.7 Å². The van der Waals surface area contributed by atoms with Gasteiger partial charge in [0.1, 0.15) is 0 Å². The Hall–Kier alpha value is -1.68. The van der Waals surface area contributed by atoms with Crippen LogP contribution >= 0.6 is 0 Å². The maximum absolute atomic E-state index is 5.71. The third kappa shape index (κ3) is 3.47. The third-order valence-electron chi connectivity index (χ3n) is 4.19. The average Bonchev–Trinajstić information content (AvgIpc) is 2.89. The number of fused-ring (bicyclic) bond motifs is 3. The Morgan fingerprint density at radius 2 is 1.52 bits per heavy atom. The minimum absolute atomic E-state index is 0.238. The molecule has 0 N–H and O–H groups in total. The predicted octanol–water partition coefficient (Wildman–Crippen LogP) is 4.25. The molecule has 1 aliphatic carbocycles. The Morgan fingerprint density at radius 3 is 2.09 bits per heavy atom. The van der Waals surface area contributed by atoms with Crippen molar-refractivity contribution in [2.45, 2.75) is 32.2 Å². The van der Waals surface area contributed by atoms with Crippen LogP contribution in [0.1, 0.15) is 30.9 Å². The molecule has 3 nitrogen and oxygen atoms in total. The molecule has 0 spiro atoms. The van der Waals surface area contributed by atoms with Gasteiger partial charge in [-0.25, -0.2) is 0 Å². The molecule has 0 amide bonds. The van der Waals surface area contributed by atoms with Crippen LogP contribution in [0.4, 0.5) is 0 Å². The molecule has 2 unspecified atom stereocenters. The van der Waals surface area contributed by atoms with Crippen LogP contribution in [-0.2, 0) is 14.2 Å². The van der Waals surface area contributed by atoms with Gasteiger partial charge >= 0.3 is 0 Å². The molecule has 3 rings (SSSR count). The van der Waals surface area contributed by atoms with Gasteiger partial charge < -0.3 is 14.2 Å². The Labute approximate surface area is 138 Å². The lowest BCUT2D eigenvalue weighted by Crippen LogP contribution is -2.20. The molecule has 2 aromatic rings. The van der Waals surface area contributed by atoms with Crippen LogP contribution < -0.4 is 0 Å². The molecular formula is C20H22O3. The van der Waals surface area contributed by atoms with Crippen LogP contribution in [0.25, 0.3) is 11.1 Å². The fourth-order valence-electron chi connectivity index (χ4n) is 3.06. The van der Waals surface area contributed by atoms with Crippen molar-refractivity contribution in [1.82, 2.24) is 0 Å². The third-order valence-corrected chi connectivity index (χ3v) is 4.19. The van der Waals surface area contributed by atoms with Crippen molar-refractivity contribution in [3.8, 4) is 11.1 Å². The molecule has 0 saturated carbocycles. The molecule has 0 aliphatic heterocycles. The van der Waals surface area contributed by atoms with Gasteiger partial charge in [-0.2, -0.15) is 0 Å². The van der Waals surface area contributed by atoms with Crippen LogP contribution in [0, 0.1) is 6.61 Å². The van der Waals surface area contributed by atoms with Crippen molar-refractivity contribution in [2.24, 2.45) is 0 Å². The number of ether oxygens (including phenoxy) is 3. The molecule has 2 radical (unpaired) electrons. The van der Waals surface area contributed by atoms with E-state index in [2.05, 4.69) is 55.1 Å². The fraction of sp³-hybridized carbons (Fsp3) is 0.350. The second-order valence-electron chi connectivity index (χ2n) is 5.74. The Balaban J connectivity index is 1.67. The van der Waals surface area contributed by atoms with Crippen LogP contribution in [0.15, 0.2) is 48.5 Å². The summed E-state index contributed by atoms with van der Waals surface area (Å²) in [5.74, 6) is 0.238. The van der Waals surface area contributed by atoms with Gasteiger partial charge in [0.15, 0.2) is 12.9 Å². The first kappa shape index (κ1) is 16.2. The van der Waals surface area contributed by atoms with E-state index in [-0.39, 0.29) is 18.3 Å². The summed E-state index contributed by atoms with van der Waals surface area (Å²) in [5, 5.41) is 0. The molecule has 0 fully saturated rings. The quantitative estimate of drug-likeness (QED) is 0.716. The Morgan fingerprint density at radius 1 is 0.957 bits per heavy atom. The fourth-order valence-corrected chi connectivity index (χ4v) is 3.06. The molecule has 3 heteroatoms. The molecule has 0 saturated heterocycles. The van der Waals surface area contributed by atoms with Gasteiger partial charge in [0.25, 0.3) is 0 Å². The highest BCUT2D eigenvalue weighted by molar-refractivity contribution is 5.78. The molecule has 23 heavy (non-hydrogen) atoms. The zero-order valence-corrected chi connectivity index (χ0v) is 13.8. The van der Waals surface area contributed by atoms with Crippen molar-refractivity contribution in [1.29, 1.82) is 0 Å². The lowest BCUT2D eigenvalue weighted by atomic mass is 9.98. The lowest BCUT2D eigenvalue weighted by molar-refractivity contribution is -0.141. The summed E-state index contributed by atoms with van der Waals surface area (Å²) < 4.78 is 16.3. The van der Waals surface area contributed by atoms with E-state index in [0.717, 1.165) is 0 Å². The van der Waals surface area contributed by atoms with Crippen LogP contribution in [0.3, 0.4) is 0 Å². The molecule has 2 aromatic carbocycles. The van der Waals surface area contributed by atoms with E-state index in [4.69, 9.17) is 14.2 Å². The van der Waals surface area contributed by atoms with Gasteiger partial charge in [-0.15, -0.1) is 0 Å². The molecule has 0 heterocycles. The standard InChI is InChI=1S/C20H22O3/c1-14(23-15(2)21-3)12-22-13-20-18-10-6-4-8-16(18)17-9-5-7-11-19(17)20/h4-11,14-15,20H,13H2,1-3H3. The van der Waals surface area contributed by atoms with Gasteiger partial charge in [0.2, 0.25) is 0 Å². The summed E-state index contributed by atoms with van der Waals surface area (Å²) in [7, 11) is 1.62. The molecule has 0 aromatic heterocycles. The molecule has 2 atom stereocenters. The molecule has 1 aliphatic rings. The summed E-state index contributed by atoms with van der Waals surface area (Å²) >= 11 is 0. The first-order chi connectivity index (χ1) is 11.2. The van der Waals surface area contributed by atoms with Crippen molar-refractivity contribution < 1.29 is 14.2 Å². The van der Waals surface area contributed by atoms with Crippen LogP contribution in [-0.4, -0.2) is 26.1 Å². The van der Waals surface area contributed by atoms with Crippen molar-refractivity contribution in [3.63, 3.8) is 0 Å². The normalized spacial score (nSPS) is 16.0. The Bertz CT molecular complexity index is 607. The summed E-state index contributed by atoms with van der Waals surface area (Å²) in [6.07, 6.45) is -0.508. The first-order valence-corrected chi connectivity index (χ1v) is 7.94. The highest BCUT2D eigenvalue weighted by Crippen LogP contribution is 2.44. The number of hydrogen-bond acceptors (Lipinski definition) is 3. The topological polar surface area (TPSA) is 27.7 Å². The molecule has 0 bridgehead atoms. The van der Waals surface area contributed by atoms with Crippen molar-refractivity contribution in [3.05, 3.63) is 66.3 Å². The zero-order valence-electron chi connectivity index (χ0n) is 13.8. The van der Waals surface area contributed by atoms with E-state index in [1.807, 2.05) is 13.8 Å². The van der Waals surface area contributed by atoms with Gasteiger partial charge in [-0.3, -0.25) is 0 Å². The largest absolute Gasteiger partial charge is 0.365 e. The van der Waals surface area contributed by atoms with Crippen LogP contribution in [0.2, 0.25) is 0 Å². The van der Waals surface area contributed by atoms with Crippen LogP contribution in [0.5, 0.6) is 0 Å². The number of rotatable bonds is 7. The van der Waals surface area contributed by atoms with Crippen molar-refractivity contribution in [2.75, 3.05) is 13.7 Å². The first-order valence-electron chi connectivity index (χ1n) is 7.94. The maximum atomic E-state index is 5.71. The van der Waals surface area contributed by atoms with E-state index in [0.29, 0.717) is 6.61 Å². The minimum Gasteiger partial charge on any atom is -0.365 e. The average molecular weight is 310 g/mol. The molecule has 120 valence electrons. The smallest absolute Gasteiger partial charge is 0.163 e. The van der Waals surface area contributed by atoms with Gasteiger partial charge in [-0.05, 0) is 36.1 Å². The second kappa shape index (κ2) is 7.26. The van der Waals surface area contributed by atoms with E-state index < -0.39 is 0 Å². The van der Waals surface area contributed by atoms with Crippen molar-refractivity contribution >= 4 is 0 Å². The monoisotopic (exact) mass is 310 g/mol. The van der Waals surface area contributed by atoms with E-state index in [1.54, 1.807) is 7.11 Å². The minimum atomic E-state index is -0.269. The summed E-state index contributed by atoms with van der Waals surface area (Å²) in [6, 6.07) is 17.0. The second-order valence-corrected chi connectivity index (χ2v) is 5.74.